The van der Waals surface area contributed by atoms with Gasteiger partial charge in [-0.25, -0.2) is 0 Å². The molecule has 12 heavy (non-hydrogen) atoms. The van der Waals surface area contributed by atoms with Crippen molar-refractivity contribution in [3.05, 3.63) is 4.58 Å². The van der Waals surface area contributed by atoms with Gasteiger partial charge in [0.1, 0.15) is 6.61 Å². The molecule has 0 aromatic heterocycles. The molecule has 1 aliphatic rings. The Morgan fingerprint density at radius 3 is 3.08 bits per heavy atom. The largest absolute Gasteiger partial charge is 0.465 e. The summed E-state index contributed by atoms with van der Waals surface area (Å²) in [6.07, 6.45) is 1.14. The van der Waals surface area contributed by atoms with Gasteiger partial charge in [0.05, 0.1) is 4.58 Å². The average molecular weight is 205 g/mol. The second kappa shape index (κ2) is 5.02. The molecule has 0 N–H and O–H groups in total. The SMILES string of the molecule is C[C]1SCCC(COC(C)=O)S1. The molecular formula is C8H13O2S2. The van der Waals surface area contributed by atoms with E-state index >= 15 is 0 Å². The second-order valence-corrected chi connectivity index (χ2v) is 5.75. The van der Waals surface area contributed by atoms with Crippen LogP contribution in [0.1, 0.15) is 20.3 Å². The fourth-order valence-corrected chi connectivity index (χ4v) is 3.60. The zero-order chi connectivity index (χ0) is 8.97. The summed E-state index contributed by atoms with van der Waals surface area (Å²) in [5.74, 6) is 0.983. The molecule has 0 saturated carbocycles. The number of esters is 1. The molecule has 0 aliphatic carbocycles. The molecule has 0 amide bonds. The van der Waals surface area contributed by atoms with Crippen LogP contribution in [0.15, 0.2) is 0 Å². The van der Waals surface area contributed by atoms with Crippen molar-refractivity contribution in [3.8, 4) is 0 Å². The highest BCUT2D eigenvalue weighted by Crippen LogP contribution is 2.41. The summed E-state index contributed by atoms with van der Waals surface area (Å²) in [4.78, 5) is 10.5. The molecule has 1 saturated heterocycles. The third-order valence-electron chi connectivity index (χ3n) is 1.55. The highest BCUT2D eigenvalue weighted by atomic mass is 32.2. The first kappa shape index (κ1) is 10.3. The van der Waals surface area contributed by atoms with Crippen LogP contribution in [0.25, 0.3) is 0 Å². The number of hydrogen-bond donors (Lipinski definition) is 0. The minimum absolute atomic E-state index is 0.175. The molecule has 0 spiro atoms. The molecule has 1 atom stereocenters. The van der Waals surface area contributed by atoms with E-state index in [0.29, 0.717) is 11.9 Å². The monoisotopic (exact) mass is 205 g/mol. The average Bonchev–Trinajstić information content (AvgIpc) is 2.01. The van der Waals surface area contributed by atoms with E-state index in [9.17, 15) is 4.79 Å². The van der Waals surface area contributed by atoms with Crippen molar-refractivity contribution < 1.29 is 9.53 Å². The van der Waals surface area contributed by atoms with Gasteiger partial charge in [0.25, 0.3) is 0 Å². The van der Waals surface area contributed by atoms with Gasteiger partial charge in [0, 0.05) is 12.2 Å². The summed E-state index contributed by atoms with van der Waals surface area (Å²) in [6, 6.07) is 0. The lowest BCUT2D eigenvalue weighted by molar-refractivity contribution is -0.140. The normalized spacial score (nSPS) is 25.3. The molecular weight excluding hydrogens is 192 g/mol. The van der Waals surface area contributed by atoms with E-state index in [1.54, 1.807) is 0 Å². The van der Waals surface area contributed by atoms with E-state index in [-0.39, 0.29) is 5.97 Å². The van der Waals surface area contributed by atoms with Crippen LogP contribution in [-0.4, -0.2) is 23.6 Å². The van der Waals surface area contributed by atoms with Crippen molar-refractivity contribution in [2.24, 2.45) is 0 Å². The molecule has 69 valence electrons. The summed E-state index contributed by atoms with van der Waals surface area (Å²) >= 11 is 3.73. The first-order valence-corrected chi connectivity index (χ1v) is 5.81. The van der Waals surface area contributed by atoms with Crippen LogP contribution in [-0.2, 0) is 9.53 Å². The van der Waals surface area contributed by atoms with E-state index in [0.717, 1.165) is 12.2 Å². The Morgan fingerprint density at radius 1 is 1.75 bits per heavy atom. The highest BCUT2D eigenvalue weighted by molar-refractivity contribution is 8.21. The van der Waals surface area contributed by atoms with Crippen molar-refractivity contribution >= 4 is 29.5 Å². The number of carbonyl (C=O) groups is 1. The van der Waals surface area contributed by atoms with Gasteiger partial charge in [0.2, 0.25) is 0 Å². The van der Waals surface area contributed by atoms with E-state index in [2.05, 4.69) is 6.92 Å². The van der Waals surface area contributed by atoms with E-state index in [1.165, 1.54) is 11.5 Å². The standard InChI is InChI=1S/C8H13O2S2/c1-6(9)10-5-8-3-4-11-7(2)12-8/h8H,3-5H2,1-2H3. The van der Waals surface area contributed by atoms with Crippen LogP contribution in [0.2, 0.25) is 0 Å². The molecule has 0 aromatic carbocycles. The third kappa shape index (κ3) is 3.72. The molecule has 1 unspecified atom stereocenters. The predicted molar refractivity (Wildman–Crippen MR) is 54.0 cm³/mol. The van der Waals surface area contributed by atoms with E-state index in [4.69, 9.17) is 4.74 Å². The van der Waals surface area contributed by atoms with Crippen LogP contribution < -0.4 is 0 Å². The molecule has 2 nitrogen and oxygen atoms in total. The summed E-state index contributed by atoms with van der Waals surface area (Å²) in [6.45, 7) is 4.14. The third-order valence-corrected chi connectivity index (χ3v) is 4.08. The van der Waals surface area contributed by atoms with Gasteiger partial charge in [-0.15, -0.1) is 23.5 Å². The topological polar surface area (TPSA) is 26.3 Å². The van der Waals surface area contributed by atoms with Crippen molar-refractivity contribution in [2.75, 3.05) is 12.4 Å². The lowest BCUT2D eigenvalue weighted by Gasteiger charge is -2.24. The number of rotatable bonds is 2. The molecule has 1 heterocycles. The smallest absolute Gasteiger partial charge is 0.302 e. The molecule has 0 bridgehead atoms. The van der Waals surface area contributed by atoms with Gasteiger partial charge in [-0.05, 0) is 19.1 Å². The Hall–Kier alpha value is 0.170. The fraction of sp³-hybridized carbons (Fsp3) is 0.750. The van der Waals surface area contributed by atoms with E-state index < -0.39 is 0 Å². The van der Waals surface area contributed by atoms with Crippen molar-refractivity contribution in [2.45, 2.75) is 25.5 Å². The lowest BCUT2D eigenvalue weighted by atomic mass is 10.3. The Balaban J connectivity index is 2.18. The lowest BCUT2D eigenvalue weighted by Crippen LogP contribution is -2.18. The Morgan fingerprint density at radius 2 is 2.50 bits per heavy atom. The summed E-state index contributed by atoms with van der Waals surface area (Å²) in [5.41, 5.74) is 0. The number of thioether (sulfide) groups is 2. The van der Waals surface area contributed by atoms with Crippen LogP contribution in [0.4, 0.5) is 0 Å². The molecule has 4 heteroatoms. The van der Waals surface area contributed by atoms with Gasteiger partial charge in [-0.3, -0.25) is 4.79 Å². The first-order chi connectivity index (χ1) is 5.68. The Labute approximate surface area is 81.8 Å². The van der Waals surface area contributed by atoms with Crippen molar-refractivity contribution in [3.63, 3.8) is 0 Å². The minimum Gasteiger partial charge on any atom is -0.465 e. The minimum atomic E-state index is -0.175. The van der Waals surface area contributed by atoms with Gasteiger partial charge in [-0.2, -0.15) is 0 Å². The Bertz CT molecular complexity index is 161. The summed E-state index contributed by atoms with van der Waals surface area (Å²) in [7, 11) is 0. The number of hydrogen-bond acceptors (Lipinski definition) is 4. The quantitative estimate of drug-likeness (QED) is 0.646. The molecule has 1 aliphatic heterocycles. The maximum atomic E-state index is 10.5. The second-order valence-electron chi connectivity index (χ2n) is 2.67. The van der Waals surface area contributed by atoms with Gasteiger partial charge in [-0.1, -0.05) is 0 Å². The first-order valence-electron chi connectivity index (χ1n) is 3.95. The predicted octanol–water partition coefficient (Wildman–Crippen LogP) is 2.30. The van der Waals surface area contributed by atoms with Crippen LogP contribution in [0.3, 0.4) is 0 Å². The summed E-state index contributed by atoms with van der Waals surface area (Å²) in [5, 5.41) is 0.482. The maximum absolute atomic E-state index is 10.5. The molecule has 1 rings (SSSR count). The molecule has 1 fully saturated rings. The fourth-order valence-electron chi connectivity index (χ4n) is 0.989. The van der Waals surface area contributed by atoms with Crippen molar-refractivity contribution in [1.82, 2.24) is 0 Å². The van der Waals surface area contributed by atoms with Gasteiger partial charge in [0.15, 0.2) is 0 Å². The van der Waals surface area contributed by atoms with Gasteiger partial charge < -0.3 is 4.74 Å². The maximum Gasteiger partial charge on any atom is 0.302 e. The van der Waals surface area contributed by atoms with Crippen LogP contribution in [0, 0.1) is 4.58 Å². The zero-order valence-electron chi connectivity index (χ0n) is 7.33. The Kier molecular flexibility index (Phi) is 4.29. The molecule has 1 radical (unpaired) electrons. The number of carbonyl (C=O) groups excluding carboxylic acids is 1. The van der Waals surface area contributed by atoms with E-state index in [1.807, 2.05) is 23.5 Å². The highest BCUT2D eigenvalue weighted by Gasteiger charge is 2.21. The zero-order valence-corrected chi connectivity index (χ0v) is 8.96. The van der Waals surface area contributed by atoms with Crippen LogP contribution in [0.5, 0.6) is 0 Å². The van der Waals surface area contributed by atoms with Crippen molar-refractivity contribution in [1.29, 1.82) is 0 Å². The summed E-state index contributed by atoms with van der Waals surface area (Å²) < 4.78 is 6.33. The number of ether oxygens (including phenoxy) is 1. The van der Waals surface area contributed by atoms with Gasteiger partial charge >= 0.3 is 5.97 Å². The van der Waals surface area contributed by atoms with Crippen LogP contribution >= 0.6 is 23.5 Å². The molecule has 0 aromatic rings.